The summed E-state index contributed by atoms with van der Waals surface area (Å²) in [5.41, 5.74) is 0.384. The molecule has 1 aromatic carbocycles. The highest BCUT2D eigenvalue weighted by molar-refractivity contribution is 9.10. The second kappa shape index (κ2) is 6.06. The smallest absolute Gasteiger partial charge is 0.220 e. The van der Waals surface area contributed by atoms with Gasteiger partial charge in [-0.2, -0.15) is 0 Å². The molecule has 1 aromatic rings. The molecule has 0 radical (unpaired) electrons. The predicted octanol–water partition coefficient (Wildman–Crippen LogP) is 2.66. The molecule has 1 fully saturated rings. The Hall–Kier alpha value is -0.870. The van der Waals surface area contributed by atoms with Crippen LogP contribution in [0.2, 0.25) is 0 Å². The molecule has 0 aromatic heterocycles. The number of amides is 1. The summed E-state index contributed by atoms with van der Waals surface area (Å²) in [6.07, 6.45) is 3.29. The summed E-state index contributed by atoms with van der Waals surface area (Å²) in [7, 11) is 0. The Labute approximate surface area is 122 Å². The summed E-state index contributed by atoms with van der Waals surface area (Å²) < 4.78 is 1.03. The number of halogens is 1. The van der Waals surface area contributed by atoms with Crippen LogP contribution in [-0.2, 0) is 11.2 Å². The van der Waals surface area contributed by atoms with E-state index in [1.165, 1.54) is 0 Å². The lowest BCUT2D eigenvalue weighted by atomic mass is 10.0. The summed E-state index contributed by atoms with van der Waals surface area (Å²) in [5, 5.41) is 12.9. The standard InChI is InChI=1S/C15H20BrNO2/c1-15(19,12-7-8-12)10-17-14(18)9-6-11-4-2-3-5-13(11)16/h2-5,12,19H,6-10H2,1H3,(H,17,18). The minimum Gasteiger partial charge on any atom is -0.388 e. The molecule has 2 rings (SSSR count). The van der Waals surface area contributed by atoms with Crippen LogP contribution in [0.4, 0.5) is 0 Å². The molecule has 1 aliphatic rings. The highest BCUT2D eigenvalue weighted by Gasteiger charge is 2.39. The summed E-state index contributed by atoms with van der Waals surface area (Å²) in [4.78, 5) is 11.8. The van der Waals surface area contributed by atoms with E-state index in [-0.39, 0.29) is 5.91 Å². The molecule has 1 unspecified atom stereocenters. The van der Waals surface area contributed by atoms with Crippen LogP contribution in [0.25, 0.3) is 0 Å². The SMILES string of the molecule is CC(O)(CNC(=O)CCc1ccccc1Br)C1CC1. The monoisotopic (exact) mass is 325 g/mol. The van der Waals surface area contributed by atoms with Gasteiger partial charge in [0.1, 0.15) is 0 Å². The molecule has 0 bridgehead atoms. The zero-order chi connectivity index (χ0) is 13.9. The van der Waals surface area contributed by atoms with E-state index in [0.29, 0.717) is 25.3 Å². The zero-order valence-electron chi connectivity index (χ0n) is 11.2. The van der Waals surface area contributed by atoms with Gasteiger partial charge in [-0.1, -0.05) is 34.1 Å². The highest BCUT2D eigenvalue weighted by atomic mass is 79.9. The molecule has 0 aliphatic heterocycles. The van der Waals surface area contributed by atoms with Gasteiger partial charge in [0.25, 0.3) is 0 Å². The summed E-state index contributed by atoms with van der Waals surface area (Å²) >= 11 is 3.47. The lowest BCUT2D eigenvalue weighted by Gasteiger charge is -2.23. The van der Waals surface area contributed by atoms with Crippen LogP contribution in [0.3, 0.4) is 0 Å². The van der Waals surface area contributed by atoms with Crippen LogP contribution in [0.1, 0.15) is 31.7 Å². The topological polar surface area (TPSA) is 49.3 Å². The quantitative estimate of drug-likeness (QED) is 0.844. The minimum atomic E-state index is -0.747. The van der Waals surface area contributed by atoms with Crippen LogP contribution in [0, 0.1) is 5.92 Å². The number of aliphatic hydroxyl groups is 1. The molecule has 0 saturated heterocycles. The van der Waals surface area contributed by atoms with Gasteiger partial charge in [-0.05, 0) is 43.7 Å². The largest absolute Gasteiger partial charge is 0.388 e. The Morgan fingerprint density at radius 2 is 2.16 bits per heavy atom. The van der Waals surface area contributed by atoms with E-state index in [1.54, 1.807) is 6.92 Å². The molecule has 0 heterocycles. The molecule has 4 heteroatoms. The Morgan fingerprint density at radius 1 is 1.47 bits per heavy atom. The van der Waals surface area contributed by atoms with Crippen LogP contribution in [0.15, 0.2) is 28.7 Å². The van der Waals surface area contributed by atoms with E-state index in [2.05, 4.69) is 21.2 Å². The second-order valence-electron chi connectivity index (χ2n) is 5.50. The molecule has 19 heavy (non-hydrogen) atoms. The molecular weight excluding hydrogens is 306 g/mol. The van der Waals surface area contributed by atoms with E-state index in [4.69, 9.17) is 0 Å². The second-order valence-corrected chi connectivity index (χ2v) is 6.35. The molecular formula is C15H20BrNO2. The number of nitrogens with one attached hydrogen (secondary N) is 1. The molecule has 0 spiro atoms. The maximum Gasteiger partial charge on any atom is 0.220 e. The molecule has 2 N–H and O–H groups in total. The first-order valence-electron chi connectivity index (χ1n) is 6.71. The van der Waals surface area contributed by atoms with Crippen molar-refractivity contribution >= 4 is 21.8 Å². The highest BCUT2D eigenvalue weighted by Crippen LogP contribution is 2.38. The fourth-order valence-electron chi connectivity index (χ4n) is 2.16. The van der Waals surface area contributed by atoms with Crippen LogP contribution in [-0.4, -0.2) is 23.2 Å². The third kappa shape index (κ3) is 4.32. The molecule has 104 valence electrons. The predicted molar refractivity (Wildman–Crippen MR) is 78.8 cm³/mol. The number of benzene rings is 1. The average Bonchev–Trinajstić information content (AvgIpc) is 3.20. The van der Waals surface area contributed by atoms with Crippen LogP contribution >= 0.6 is 15.9 Å². The lowest BCUT2D eigenvalue weighted by Crippen LogP contribution is -2.42. The van der Waals surface area contributed by atoms with Gasteiger partial charge in [0.15, 0.2) is 0 Å². The van der Waals surface area contributed by atoms with Crippen molar-refractivity contribution < 1.29 is 9.90 Å². The number of carbonyl (C=O) groups is 1. The Kier molecular flexibility index (Phi) is 4.63. The van der Waals surface area contributed by atoms with Gasteiger partial charge in [0, 0.05) is 17.4 Å². The van der Waals surface area contributed by atoms with E-state index in [9.17, 15) is 9.90 Å². The van der Waals surface area contributed by atoms with Crippen molar-refractivity contribution in [2.45, 2.75) is 38.2 Å². The van der Waals surface area contributed by atoms with Crippen molar-refractivity contribution in [2.75, 3.05) is 6.54 Å². The van der Waals surface area contributed by atoms with E-state index >= 15 is 0 Å². The third-order valence-electron chi connectivity index (χ3n) is 3.68. The normalized spacial score (nSPS) is 17.8. The average molecular weight is 326 g/mol. The van der Waals surface area contributed by atoms with Crippen molar-refractivity contribution in [3.05, 3.63) is 34.3 Å². The van der Waals surface area contributed by atoms with Gasteiger partial charge in [-0.3, -0.25) is 4.79 Å². The minimum absolute atomic E-state index is 0.00308. The van der Waals surface area contributed by atoms with Crippen molar-refractivity contribution in [1.29, 1.82) is 0 Å². The van der Waals surface area contributed by atoms with Crippen LogP contribution in [0.5, 0.6) is 0 Å². The summed E-state index contributed by atoms with van der Waals surface area (Å²) in [6, 6.07) is 7.92. The molecule has 1 saturated carbocycles. The van der Waals surface area contributed by atoms with Crippen molar-refractivity contribution in [1.82, 2.24) is 5.32 Å². The van der Waals surface area contributed by atoms with Gasteiger partial charge in [-0.15, -0.1) is 0 Å². The summed E-state index contributed by atoms with van der Waals surface area (Å²) in [6.45, 7) is 2.16. The van der Waals surface area contributed by atoms with Gasteiger partial charge in [0.2, 0.25) is 5.91 Å². The Bertz CT molecular complexity index is 455. The van der Waals surface area contributed by atoms with E-state index < -0.39 is 5.60 Å². The first-order chi connectivity index (χ1) is 8.99. The lowest BCUT2D eigenvalue weighted by molar-refractivity contribution is -0.122. The number of carbonyl (C=O) groups excluding carboxylic acids is 1. The van der Waals surface area contributed by atoms with Crippen LogP contribution < -0.4 is 5.32 Å². The number of rotatable bonds is 6. The van der Waals surface area contributed by atoms with Crippen molar-refractivity contribution in [2.24, 2.45) is 5.92 Å². The van der Waals surface area contributed by atoms with Gasteiger partial charge < -0.3 is 10.4 Å². The van der Waals surface area contributed by atoms with Gasteiger partial charge >= 0.3 is 0 Å². The Balaban J connectivity index is 1.74. The van der Waals surface area contributed by atoms with E-state index in [0.717, 1.165) is 22.9 Å². The van der Waals surface area contributed by atoms with Crippen molar-refractivity contribution in [3.8, 4) is 0 Å². The Morgan fingerprint density at radius 3 is 2.79 bits per heavy atom. The van der Waals surface area contributed by atoms with E-state index in [1.807, 2.05) is 24.3 Å². The van der Waals surface area contributed by atoms with Gasteiger partial charge in [0.05, 0.1) is 5.60 Å². The summed E-state index contributed by atoms with van der Waals surface area (Å²) in [5.74, 6) is 0.354. The molecule has 1 atom stereocenters. The van der Waals surface area contributed by atoms with Crippen molar-refractivity contribution in [3.63, 3.8) is 0 Å². The van der Waals surface area contributed by atoms with Gasteiger partial charge in [-0.25, -0.2) is 0 Å². The fraction of sp³-hybridized carbons (Fsp3) is 0.533. The maximum atomic E-state index is 11.8. The molecule has 1 amide bonds. The first-order valence-corrected chi connectivity index (χ1v) is 7.51. The third-order valence-corrected chi connectivity index (χ3v) is 4.45. The maximum absolute atomic E-state index is 11.8. The molecule has 1 aliphatic carbocycles. The number of hydrogen-bond acceptors (Lipinski definition) is 2. The number of hydrogen-bond donors (Lipinski definition) is 2. The fourth-order valence-corrected chi connectivity index (χ4v) is 2.65. The number of aryl methyl sites for hydroxylation is 1. The zero-order valence-corrected chi connectivity index (χ0v) is 12.7. The first kappa shape index (κ1) is 14.5. The molecule has 3 nitrogen and oxygen atoms in total.